The lowest BCUT2D eigenvalue weighted by Crippen LogP contribution is -2.43. The Morgan fingerprint density at radius 2 is 1.79 bits per heavy atom. The van der Waals surface area contributed by atoms with Crippen molar-refractivity contribution in [3.8, 4) is 6.07 Å². The van der Waals surface area contributed by atoms with E-state index in [1.807, 2.05) is 13.8 Å². The summed E-state index contributed by atoms with van der Waals surface area (Å²) in [6, 6.07) is 2.12. The lowest BCUT2D eigenvalue weighted by Gasteiger charge is -2.34. The van der Waals surface area contributed by atoms with Crippen LogP contribution >= 0.6 is 0 Å². The zero-order valence-corrected chi connectivity index (χ0v) is 9.58. The summed E-state index contributed by atoms with van der Waals surface area (Å²) in [5, 5.41) is 8.47. The zero-order valence-electron chi connectivity index (χ0n) is 9.58. The van der Waals surface area contributed by atoms with Gasteiger partial charge in [0.2, 0.25) is 0 Å². The van der Waals surface area contributed by atoms with E-state index in [4.69, 9.17) is 5.26 Å². The molecule has 0 aromatic rings. The molecule has 0 aliphatic carbocycles. The SMILES string of the molecule is C=C(CC#N)N1CCN(C)CC1.CC. The van der Waals surface area contributed by atoms with Gasteiger partial charge in [-0.15, -0.1) is 0 Å². The number of hydrogen-bond donors (Lipinski definition) is 0. The van der Waals surface area contributed by atoms with Crippen LogP contribution in [0.5, 0.6) is 0 Å². The molecule has 0 N–H and O–H groups in total. The van der Waals surface area contributed by atoms with Crippen molar-refractivity contribution in [2.24, 2.45) is 0 Å². The summed E-state index contributed by atoms with van der Waals surface area (Å²) < 4.78 is 0. The van der Waals surface area contributed by atoms with Gasteiger partial charge in [-0.05, 0) is 7.05 Å². The molecule has 0 saturated carbocycles. The maximum absolute atomic E-state index is 8.47. The van der Waals surface area contributed by atoms with Crippen LogP contribution in [0.3, 0.4) is 0 Å². The first-order valence-corrected chi connectivity index (χ1v) is 5.22. The largest absolute Gasteiger partial charge is 0.372 e. The predicted molar refractivity (Wildman–Crippen MR) is 59.8 cm³/mol. The first kappa shape index (κ1) is 13.0. The van der Waals surface area contributed by atoms with Crippen LogP contribution in [0.1, 0.15) is 20.3 Å². The highest BCUT2D eigenvalue weighted by atomic mass is 15.2. The topological polar surface area (TPSA) is 30.3 Å². The maximum Gasteiger partial charge on any atom is 0.0745 e. The van der Waals surface area contributed by atoms with E-state index >= 15 is 0 Å². The molecule has 0 spiro atoms. The molecule has 3 nitrogen and oxygen atoms in total. The van der Waals surface area contributed by atoms with Gasteiger partial charge in [-0.25, -0.2) is 0 Å². The highest BCUT2D eigenvalue weighted by Crippen LogP contribution is 2.08. The minimum Gasteiger partial charge on any atom is -0.372 e. The molecule has 0 radical (unpaired) electrons. The third-order valence-corrected chi connectivity index (χ3v) is 2.23. The number of rotatable bonds is 2. The lowest BCUT2D eigenvalue weighted by atomic mass is 10.2. The number of nitrogens with zero attached hydrogens (tertiary/aromatic N) is 3. The molecule has 1 heterocycles. The average molecular weight is 195 g/mol. The molecule has 0 amide bonds. The zero-order chi connectivity index (χ0) is 11.0. The van der Waals surface area contributed by atoms with Gasteiger partial charge in [0, 0.05) is 31.9 Å². The van der Waals surface area contributed by atoms with E-state index in [9.17, 15) is 0 Å². The van der Waals surface area contributed by atoms with Gasteiger partial charge < -0.3 is 9.80 Å². The Labute approximate surface area is 87.6 Å². The van der Waals surface area contributed by atoms with Crippen molar-refractivity contribution in [1.82, 2.24) is 9.80 Å². The summed E-state index contributed by atoms with van der Waals surface area (Å²) in [6.45, 7) is 12.0. The molecular formula is C11H21N3. The second kappa shape index (κ2) is 7.40. The number of hydrogen-bond acceptors (Lipinski definition) is 3. The van der Waals surface area contributed by atoms with Crippen molar-refractivity contribution < 1.29 is 0 Å². The van der Waals surface area contributed by atoms with Crippen LogP contribution in [0.25, 0.3) is 0 Å². The van der Waals surface area contributed by atoms with E-state index in [1.165, 1.54) is 0 Å². The molecule has 0 unspecified atom stereocenters. The van der Waals surface area contributed by atoms with Crippen LogP contribution in [0.2, 0.25) is 0 Å². The van der Waals surface area contributed by atoms with E-state index < -0.39 is 0 Å². The Balaban J connectivity index is 0.000000791. The van der Waals surface area contributed by atoms with Gasteiger partial charge >= 0.3 is 0 Å². The highest BCUT2D eigenvalue weighted by molar-refractivity contribution is 5.02. The van der Waals surface area contributed by atoms with Crippen molar-refractivity contribution in [3.05, 3.63) is 12.3 Å². The van der Waals surface area contributed by atoms with E-state index in [-0.39, 0.29) is 0 Å². The molecule has 1 fully saturated rings. The quantitative estimate of drug-likeness (QED) is 0.671. The fraction of sp³-hybridized carbons (Fsp3) is 0.727. The standard InChI is InChI=1S/C9H15N3.C2H6/c1-9(3-4-10)12-7-5-11(2)6-8-12;1-2/h1,3,5-8H2,2H3;1-2H3. The first-order valence-electron chi connectivity index (χ1n) is 5.22. The molecule has 1 rings (SSSR count). The van der Waals surface area contributed by atoms with Gasteiger partial charge in [0.05, 0.1) is 12.5 Å². The molecular weight excluding hydrogens is 174 g/mol. The number of likely N-dealkylation sites (N-methyl/N-ethyl adjacent to an activating group) is 1. The molecule has 80 valence electrons. The van der Waals surface area contributed by atoms with Crippen LogP contribution in [0.15, 0.2) is 12.3 Å². The summed E-state index contributed by atoms with van der Waals surface area (Å²) >= 11 is 0. The fourth-order valence-corrected chi connectivity index (χ4v) is 1.33. The average Bonchev–Trinajstić information content (AvgIpc) is 2.22. The van der Waals surface area contributed by atoms with Gasteiger partial charge in [0.25, 0.3) is 0 Å². The summed E-state index contributed by atoms with van der Waals surface area (Å²) in [5.74, 6) is 0. The summed E-state index contributed by atoms with van der Waals surface area (Å²) in [7, 11) is 2.12. The molecule has 1 aliphatic heterocycles. The summed E-state index contributed by atoms with van der Waals surface area (Å²) in [4.78, 5) is 4.49. The predicted octanol–water partition coefficient (Wildman–Crippen LogP) is 1.69. The number of piperazine rings is 1. The second-order valence-electron chi connectivity index (χ2n) is 3.19. The van der Waals surface area contributed by atoms with Crippen molar-refractivity contribution in [2.75, 3.05) is 33.2 Å². The molecule has 1 saturated heterocycles. The highest BCUT2D eigenvalue weighted by Gasteiger charge is 2.14. The Morgan fingerprint density at radius 1 is 1.29 bits per heavy atom. The second-order valence-corrected chi connectivity index (χ2v) is 3.19. The van der Waals surface area contributed by atoms with Gasteiger partial charge in [-0.2, -0.15) is 5.26 Å². The Bertz CT molecular complexity index is 197. The third kappa shape index (κ3) is 4.29. The molecule has 3 heteroatoms. The molecule has 0 aromatic carbocycles. The van der Waals surface area contributed by atoms with E-state index in [1.54, 1.807) is 0 Å². The minimum atomic E-state index is 0.462. The van der Waals surface area contributed by atoms with Crippen molar-refractivity contribution in [1.29, 1.82) is 5.26 Å². The normalized spacial score (nSPS) is 16.6. The van der Waals surface area contributed by atoms with Crippen molar-refractivity contribution >= 4 is 0 Å². The monoisotopic (exact) mass is 195 g/mol. The smallest absolute Gasteiger partial charge is 0.0745 e. The molecule has 0 bridgehead atoms. The van der Waals surface area contributed by atoms with E-state index in [0.29, 0.717) is 6.42 Å². The molecule has 0 atom stereocenters. The lowest BCUT2D eigenvalue weighted by molar-refractivity contribution is 0.185. The molecule has 14 heavy (non-hydrogen) atoms. The van der Waals surface area contributed by atoms with Crippen LogP contribution in [-0.4, -0.2) is 43.0 Å². The fourth-order valence-electron chi connectivity index (χ4n) is 1.33. The first-order chi connectivity index (χ1) is 6.74. The van der Waals surface area contributed by atoms with E-state index in [0.717, 1.165) is 31.9 Å². The van der Waals surface area contributed by atoms with Crippen LogP contribution in [-0.2, 0) is 0 Å². The van der Waals surface area contributed by atoms with Crippen molar-refractivity contribution in [2.45, 2.75) is 20.3 Å². The summed E-state index contributed by atoms with van der Waals surface area (Å²) in [6.07, 6.45) is 0.462. The Kier molecular flexibility index (Phi) is 6.87. The summed E-state index contributed by atoms with van der Waals surface area (Å²) in [5.41, 5.74) is 0.964. The van der Waals surface area contributed by atoms with Crippen molar-refractivity contribution in [3.63, 3.8) is 0 Å². The molecule has 1 aliphatic rings. The number of nitriles is 1. The Hall–Kier alpha value is -1.01. The Morgan fingerprint density at radius 3 is 2.21 bits per heavy atom. The van der Waals surface area contributed by atoms with Gasteiger partial charge in [-0.1, -0.05) is 20.4 Å². The van der Waals surface area contributed by atoms with E-state index in [2.05, 4.69) is 29.5 Å². The number of allylic oxidation sites excluding steroid dienone is 1. The van der Waals surface area contributed by atoms with Crippen LogP contribution in [0.4, 0.5) is 0 Å². The minimum absolute atomic E-state index is 0.462. The van der Waals surface area contributed by atoms with Gasteiger partial charge in [0.1, 0.15) is 0 Å². The van der Waals surface area contributed by atoms with Gasteiger partial charge in [-0.3, -0.25) is 0 Å². The third-order valence-electron chi connectivity index (χ3n) is 2.23. The molecule has 0 aromatic heterocycles. The van der Waals surface area contributed by atoms with Crippen LogP contribution in [0, 0.1) is 11.3 Å². The van der Waals surface area contributed by atoms with Crippen LogP contribution < -0.4 is 0 Å². The maximum atomic E-state index is 8.47. The van der Waals surface area contributed by atoms with Gasteiger partial charge in [0.15, 0.2) is 0 Å².